The van der Waals surface area contributed by atoms with Gasteiger partial charge in [-0.1, -0.05) is 36.3 Å². The van der Waals surface area contributed by atoms with E-state index < -0.39 is 5.91 Å². The maximum Gasteiger partial charge on any atom is 0.236 e. The quantitative estimate of drug-likeness (QED) is 0.860. The first-order valence-corrected chi connectivity index (χ1v) is 5.39. The highest BCUT2D eigenvalue weighted by molar-refractivity contribution is 5.75. The van der Waals surface area contributed by atoms with Crippen molar-refractivity contribution in [2.45, 2.75) is 19.8 Å². The van der Waals surface area contributed by atoms with E-state index in [9.17, 15) is 4.79 Å². The van der Waals surface area contributed by atoms with Gasteiger partial charge in [0.2, 0.25) is 17.6 Å². The van der Waals surface area contributed by atoms with Gasteiger partial charge in [-0.25, -0.2) is 0 Å². The van der Waals surface area contributed by atoms with Crippen molar-refractivity contribution in [1.82, 2.24) is 10.1 Å². The molecule has 1 heterocycles. The predicted molar refractivity (Wildman–Crippen MR) is 62.0 cm³/mol. The third-order valence-corrected chi connectivity index (χ3v) is 2.41. The lowest BCUT2D eigenvalue weighted by molar-refractivity contribution is -0.117. The summed E-state index contributed by atoms with van der Waals surface area (Å²) in [6.07, 6.45) is 0.958. The fraction of sp³-hybridized carbons (Fsp3) is 0.250. The lowest BCUT2D eigenvalue weighted by Gasteiger charge is -1.97. The van der Waals surface area contributed by atoms with Crippen LogP contribution in [0.4, 0.5) is 0 Å². The van der Waals surface area contributed by atoms with Crippen LogP contribution in [0.25, 0.3) is 11.4 Å². The van der Waals surface area contributed by atoms with Crippen LogP contribution in [0.2, 0.25) is 0 Å². The SMILES string of the molecule is CCc1ccc(-c2noc(CC(N)=O)n2)cc1. The van der Waals surface area contributed by atoms with Gasteiger partial charge in [-0.3, -0.25) is 4.79 Å². The molecule has 2 N–H and O–H groups in total. The molecule has 1 amide bonds. The number of carbonyl (C=O) groups is 1. The summed E-state index contributed by atoms with van der Waals surface area (Å²) in [6, 6.07) is 7.88. The summed E-state index contributed by atoms with van der Waals surface area (Å²) in [5.74, 6) is 0.234. The van der Waals surface area contributed by atoms with Crippen LogP contribution >= 0.6 is 0 Å². The summed E-state index contributed by atoms with van der Waals surface area (Å²) in [4.78, 5) is 14.8. The molecule has 0 spiro atoms. The Balaban J connectivity index is 2.21. The molecule has 1 aromatic heterocycles. The summed E-state index contributed by atoms with van der Waals surface area (Å²) in [7, 11) is 0. The third-order valence-electron chi connectivity index (χ3n) is 2.41. The molecule has 0 aliphatic heterocycles. The molecule has 0 bridgehead atoms. The second-order valence-corrected chi connectivity index (χ2v) is 3.71. The number of benzene rings is 1. The molecule has 2 rings (SSSR count). The zero-order chi connectivity index (χ0) is 12.3. The Hall–Kier alpha value is -2.17. The minimum Gasteiger partial charge on any atom is -0.369 e. The van der Waals surface area contributed by atoms with Gasteiger partial charge >= 0.3 is 0 Å². The van der Waals surface area contributed by atoms with Crippen molar-refractivity contribution in [1.29, 1.82) is 0 Å². The van der Waals surface area contributed by atoms with Crippen LogP contribution in [0.5, 0.6) is 0 Å². The Morgan fingerprint density at radius 3 is 2.65 bits per heavy atom. The summed E-state index contributed by atoms with van der Waals surface area (Å²) in [5.41, 5.74) is 7.15. The van der Waals surface area contributed by atoms with Crippen LogP contribution in [0.1, 0.15) is 18.4 Å². The van der Waals surface area contributed by atoms with E-state index in [1.54, 1.807) is 0 Å². The van der Waals surface area contributed by atoms with Gasteiger partial charge in [0, 0.05) is 5.56 Å². The Kier molecular flexibility index (Phi) is 3.18. The first-order chi connectivity index (χ1) is 8.19. The highest BCUT2D eigenvalue weighted by Gasteiger charge is 2.10. The predicted octanol–water partition coefficient (Wildman–Crippen LogP) is 1.33. The molecule has 0 saturated heterocycles. The molecule has 0 saturated carbocycles. The van der Waals surface area contributed by atoms with Crippen LogP contribution in [0.3, 0.4) is 0 Å². The minimum absolute atomic E-state index is 0.0277. The van der Waals surface area contributed by atoms with E-state index in [0.717, 1.165) is 12.0 Å². The third kappa shape index (κ3) is 2.69. The normalized spacial score (nSPS) is 10.4. The summed E-state index contributed by atoms with van der Waals surface area (Å²) in [5, 5.41) is 3.80. The van der Waals surface area contributed by atoms with E-state index >= 15 is 0 Å². The lowest BCUT2D eigenvalue weighted by Crippen LogP contribution is -2.13. The number of aryl methyl sites for hydroxylation is 1. The van der Waals surface area contributed by atoms with Gasteiger partial charge in [-0.05, 0) is 12.0 Å². The standard InChI is InChI=1S/C12H13N3O2/c1-2-8-3-5-9(6-4-8)12-14-11(17-15-12)7-10(13)16/h3-6H,2,7H2,1H3,(H2,13,16). The van der Waals surface area contributed by atoms with E-state index in [2.05, 4.69) is 17.1 Å². The number of aromatic nitrogens is 2. The zero-order valence-corrected chi connectivity index (χ0v) is 9.51. The Morgan fingerprint density at radius 2 is 2.06 bits per heavy atom. The molecule has 88 valence electrons. The van der Waals surface area contributed by atoms with Gasteiger partial charge in [0.15, 0.2) is 0 Å². The van der Waals surface area contributed by atoms with E-state index in [1.165, 1.54) is 5.56 Å². The molecule has 0 aliphatic rings. The van der Waals surface area contributed by atoms with Gasteiger partial charge in [-0.15, -0.1) is 0 Å². The number of hydrogen-bond acceptors (Lipinski definition) is 4. The molecule has 0 fully saturated rings. The monoisotopic (exact) mass is 231 g/mol. The van der Waals surface area contributed by atoms with E-state index in [1.807, 2.05) is 24.3 Å². The Bertz CT molecular complexity index is 517. The minimum atomic E-state index is -0.485. The molecular formula is C12H13N3O2. The smallest absolute Gasteiger partial charge is 0.236 e. The van der Waals surface area contributed by atoms with E-state index in [-0.39, 0.29) is 12.3 Å². The van der Waals surface area contributed by atoms with Crippen molar-refractivity contribution in [2.24, 2.45) is 5.73 Å². The fourth-order valence-electron chi connectivity index (χ4n) is 1.48. The van der Waals surface area contributed by atoms with Crippen LogP contribution in [0.15, 0.2) is 28.8 Å². The molecule has 0 radical (unpaired) electrons. The van der Waals surface area contributed by atoms with E-state index in [4.69, 9.17) is 10.3 Å². The number of carbonyl (C=O) groups excluding carboxylic acids is 1. The van der Waals surface area contributed by atoms with Gasteiger partial charge in [-0.2, -0.15) is 4.98 Å². The average Bonchev–Trinajstić information content (AvgIpc) is 2.77. The van der Waals surface area contributed by atoms with Gasteiger partial charge in [0.1, 0.15) is 6.42 Å². The number of hydrogen-bond donors (Lipinski definition) is 1. The largest absolute Gasteiger partial charge is 0.369 e. The molecule has 5 nitrogen and oxygen atoms in total. The average molecular weight is 231 g/mol. The molecule has 5 heteroatoms. The Labute approximate surface area is 98.6 Å². The topological polar surface area (TPSA) is 82.0 Å². The number of nitrogens with two attached hydrogens (primary N) is 1. The molecule has 1 aromatic carbocycles. The second kappa shape index (κ2) is 4.78. The van der Waals surface area contributed by atoms with Crippen molar-refractivity contribution >= 4 is 5.91 Å². The van der Waals surface area contributed by atoms with Crippen LogP contribution in [-0.2, 0) is 17.6 Å². The second-order valence-electron chi connectivity index (χ2n) is 3.71. The Morgan fingerprint density at radius 1 is 1.35 bits per heavy atom. The van der Waals surface area contributed by atoms with Gasteiger partial charge < -0.3 is 10.3 Å². The van der Waals surface area contributed by atoms with Crippen molar-refractivity contribution in [3.05, 3.63) is 35.7 Å². The van der Waals surface area contributed by atoms with Gasteiger partial charge in [0.05, 0.1) is 0 Å². The van der Waals surface area contributed by atoms with Crippen LogP contribution < -0.4 is 5.73 Å². The maximum atomic E-state index is 10.7. The maximum absolute atomic E-state index is 10.7. The fourth-order valence-corrected chi connectivity index (χ4v) is 1.48. The first kappa shape index (κ1) is 11.3. The molecule has 0 unspecified atom stereocenters. The zero-order valence-electron chi connectivity index (χ0n) is 9.51. The van der Waals surface area contributed by atoms with E-state index in [0.29, 0.717) is 5.82 Å². The molecule has 2 aromatic rings. The molecule has 0 atom stereocenters. The molecule has 0 aliphatic carbocycles. The molecule has 17 heavy (non-hydrogen) atoms. The van der Waals surface area contributed by atoms with Crippen molar-refractivity contribution in [3.63, 3.8) is 0 Å². The van der Waals surface area contributed by atoms with Crippen molar-refractivity contribution < 1.29 is 9.32 Å². The summed E-state index contributed by atoms with van der Waals surface area (Å²) >= 11 is 0. The number of amides is 1. The van der Waals surface area contributed by atoms with Crippen LogP contribution in [-0.4, -0.2) is 16.0 Å². The number of rotatable bonds is 4. The van der Waals surface area contributed by atoms with Gasteiger partial charge in [0.25, 0.3) is 0 Å². The molecular weight excluding hydrogens is 218 g/mol. The number of primary amides is 1. The van der Waals surface area contributed by atoms with Crippen molar-refractivity contribution in [2.75, 3.05) is 0 Å². The van der Waals surface area contributed by atoms with Crippen molar-refractivity contribution in [3.8, 4) is 11.4 Å². The first-order valence-electron chi connectivity index (χ1n) is 5.39. The number of nitrogens with zero attached hydrogens (tertiary/aromatic N) is 2. The summed E-state index contributed by atoms with van der Waals surface area (Å²) < 4.78 is 4.92. The summed E-state index contributed by atoms with van der Waals surface area (Å²) in [6.45, 7) is 2.09. The highest BCUT2D eigenvalue weighted by atomic mass is 16.5. The lowest BCUT2D eigenvalue weighted by atomic mass is 10.1. The highest BCUT2D eigenvalue weighted by Crippen LogP contribution is 2.16. The van der Waals surface area contributed by atoms with Crippen LogP contribution in [0, 0.1) is 0 Å².